The number of aryl methyl sites for hydroxylation is 1. The molecule has 0 heterocycles. The van der Waals surface area contributed by atoms with Gasteiger partial charge in [-0.2, -0.15) is 0 Å². The fraction of sp³-hybridized carbons (Fsp3) is 0.538. The number of benzene rings is 2. The van der Waals surface area contributed by atoms with Gasteiger partial charge in [0, 0.05) is 5.39 Å². The Morgan fingerprint density at radius 2 is 1.54 bits per heavy atom. The summed E-state index contributed by atoms with van der Waals surface area (Å²) in [6.07, 6.45) is 12.9. The Hall–Kier alpha value is -1.70. The second kappa shape index (κ2) is 8.35. The van der Waals surface area contributed by atoms with Gasteiger partial charge in [0.15, 0.2) is 11.6 Å². The molecule has 0 nitrogen and oxygen atoms in total. The van der Waals surface area contributed by atoms with Gasteiger partial charge in [0.05, 0.1) is 0 Å². The van der Waals surface area contributed by atoms with Gasteiger partial charge in [-0.15, -0.1) is 6.58 Å². The molecule has 4 rings (SSSR count). The molecule has 2 fully saturated rings. The van der Waals surface area contributed by atoms with Crippen LogP contribution in [0.5, 0.6) is 0 Å². The van der Waals surface area contributed by atoms with Crippen molar-refractivity contribution in [3.63, 3.8) is 0 Å². The van der Waals surface area contributed by atoms with Gasteiger partial charge in [0.25, 0.3) is 0 Å². The monoisotopic (exact) mass is 382 g/mol. The largest absolute Gasteiger partial charge is 0.203 e. The van der Waals surface area contributed by atoms with Crippen LogP contribution in [0.4, 0.5) is 8.78 Å². The topological polar surface area (TPSA) is 0 Å². The van der Waals surface area contributed by atoms with E-state index in [1.54, 1.807) is 6.07 Å². The van der Waals surface area contributed by atoms with Crippen LogP contribution in [0.2, 0.25) is 0 Å². The van der Waals surface area contributed by atoms with E-state index in [2.05, 4.69) is 18.7 Å². The SMILES string of the molecule is C=CC1CCC(C2CCC(c3ccc4cc(CC)c(F)c(F)c4c3)CC2)CC1. The van der Waals surface area contributed by atoms with Crippen LogP contribution in [0.15, 0.2) is 36.9 Å². The second-order valence-electron chi connectivity index (χ2n) is 9.02. The lowest BCUT2D eigenvalue weighted by molar-refractivity contribution is 0.171. The molecule has 2 aromatic carbocycles. The molecule has 2 saturated carbocycles. The Kier molecular flexibility index (Phi) is 5.85. The van der Waals surface area contributed by atoms with Crippen molar-refractivity contribution >= 4 is 10.8 Å². The predicted octanol–water partition coefficient (Wildman–Crippen LogP) is 7.95. The van der Waals surface area contributed by atoms with Crippen molar-refractivity contribution in [1.82, 2.24) is 0 Å². The maximum Gasteiger partial charge on any atom is 0.166 e. The molecule has 0 aromatic heterocycles. The average molecular weight is 383 g/mol. The first-order valence-electron chi connectivity index (χ1n) is 11.1. The van der Waals surface area contributed by atoms with E-state index in [0.717, 1.165) is 23.1 Å². The summed E-state index contributed by atoms with van der Waals surface area (Å²) in [6, 6.07) is 7.83. The number of rotatable bonds is 4. The Morgan fingerprint density at radius 1 is 0.893 bits per heavy atom. The van der Waals surface area contributed by atoms with Crippen molar-refractivity contribution in [1.29, 1.82) is 0 Å². The summed E-state index contributed by atoms with van der Waals surface area (Å²) in [5, 5.41) is 1.25. The first-order valence-corrected chi connectivity index (χ1v) is 11.1. The van der Waals surface area contributed by atoms with Crippen molar-refractivity contribution in [3.05, 3.63) is 59.7 Å². The van der Waals surface area contributed by atoms with Gasteiger partial charge in [-0.3, -0.25) is 0 Å². The van der Waals surface area contributed by atoms with Crippen LogP contribution in [0.3, 0.4) is 0 Å². The van der Waals surface area contributed by atoms with Gasteiger partial charge in [-0.25, -0.2) is 8.78 Å². The summed E-state index contributed by atoms with van der Waals surface area (Å²) in [6.45, 7) is 5.82. The zero-order chi connectivity index (χ0) is 19.7. The molecule has 0 N–H and O–H groups in total. The number of halogens is 2. The van der Waals surface area contributed by atoms with E-state index < -0.39 is 11.6 Å². The minimum atomic E-state index is -0.677. The highest BCUT2D eigenvalue weighted by atomic mass is 19.2. The quantitative estimate of drug-likeness (QED) is 0.471. The van der Waals surface area contributed by atoms with E-state index in [4.69, 9.17) is 0 Å². The fourth-order valence-corrected chi connectivity index (χ4v) is 5.69. The van der Waals surface area contributed by atoms with Crippen LogP contribution >= 0.6 is 0 Å². The highest BCUT2D eigenvalue weighted by Crippen LogP contribution is 2.44. The maximum atomic E-state index is 14.6. The fourth-order valence-electron chi connectivity index (χ4n) is 5.69. The lowest BCUT2D eigenvalue weighted by atomic mass is 9.68. The summed E-state index contributed by atoms with van der Waals surface area (Å²) in [5.41, 5.74) is 1.65. The molecule has 0 saturated heterocycles. The molecule has 0 amide bonds. The van der Waals surface area contributed by atoms with E-state index in [9.17, 15) is 8.78 Å². The van der Waals surface area contributed by atoms with Gasteiger partial charge < -0.3 is 0 Å². The normalized spacial score (nSPS) is 28.4. The molecule has 0 spiro atoms. The molecular formula is C26H32F2. The Bertz CT molecular complexity index is 837. The predicted molar refractivity (Wildman–Crippen MR) is 114 cm³/mol. The molecule has 0 unspecified atom stereocenters. The van der Waals surface area contributed by atoms with E-state index in [1.165, 1.54) is 56.9 Å². The molecule has 2 heteroatoms. The molecule has 2 aromatic rings. The maximum absolute atomic E-state index is 14.6. The van der Waals surface area contributed by atoms with Gasteiger partial charge in [0.2, 0.25) is 0 Å². The molecule has 28 heavy (non-hydrogen) atoms. The molecular weight excluding hydrogens is 350 g/mol. The van der Waals surface area contributed by atoms with Crippen molar-refractivity contribution in [3.8, 4) is 0 Å². The third-order valence-electron chi connectivity index (χ3n) is 7.56. The summed E-state index contributed by atoms with van der Waals surface area (Å²) < 4.78 is 28.8. The van der Waals surface area contributed by atoms with E-state index in [1.807, 2.05) is 19.1 Å². The summed E-state index contributed by atoms with van der Waals surface area (Å²) >= 11 is 0. The minimum Gasteiger partial charge on any atom is -0.203 e. The van der Waals surface area contributed by atoms with E-state index in [0.29, 0.717) is 23.3 Å². The third-order valence-corrected chi connectivity index (χ3v) is 7.56. The highest BCUT2D eigenvalue weighted by molar-refractivity contribution is 5.84. The van der Waals surface area contributed by atoms with Gasteiger partial charge >= 0.3 is 0 Å². The molecule has 2 aliphatic carbocycles. The number of fused-ring (bicyclic) bond motifs is 1. The van der Waals surface area contributed by atoms with E-state index >= 15 is 0 Å². The Labute approximate surface area is 168 Å². The number of allylic oxidation sites excluding steroid dienone is 1. The molecule has 2 aliphatic rings. The molecule has 150 valence electrons. The van der Waals surface area contributed by atoms with Crippen LogP contribution in [-0.4, -0.2) is 0 Å². The highest BCUT2D eigenvalue weighted by Gasteiger charge is 2.30. The van der Waals surface area contributed by atoms with Gasteiger partial charge in [0.1, 0.15) is 0 Å². The summed E-state index contributed by atoms with van der Waals surface area (Å²) in [5.74, 6) is 1.60. The molecule has 0 aliphatic heterocycles. The second-order valence-corrected chi connectivity index (χ2v) is 9.02. The van der Waals surface area contributed by atoms with Crippen LogP contribution in [-0.2, 0) is 6.42 Å². The van der Waals surface area contributed by atoms with Crippen molar-refractivity contribution in [2.75, 3.05) is 0 Å². The van der Waals surface area contributed by atoms with Crippen molar-refractivity contribution in [2.24, 2.45) is 17.8 Å². The average Bonchev–Trinajstić information content (AvgIpc) is 2.76. The Morgan fingerprint density at radius 3 is 2.14 bits per heavy atom. The van der Waals surface area contributed by atoms with Crippen molar-refractivity contribution < 1.29 is 8.78 Å². The lowest BCUT2D eigenvalue weighted by Gasteiger charge is -2.37. The van der Waals surface area contributed by atoms with Crippen molar-refractivity contribution in [2.45, 2.75) is 70.6 Å². The first-order chi connectivity index (χ1) is 13.6. The van der Waals surface area contributed by atoms with Crippen LogP contribution < -0.4 is 0 Å². The smallest absolute Gasteiger partial charge is 0.166 e. The standard InChI is InChI=1S/C26H32F2/c1-3-17-5-7-19(8-6-17)20-9-11-21(12-10-20)22-13-14-23-15-18(4-2)25(27)26(28)24(23)16-22/h3,13-17,19-21H,1,4-12H2,2H3. The van der Waals surface area contributed by atoms with Gasteiger partial charge in [-0.1, -0.05) is 25.1 Å². The number of hydrogen-bond acceptors (Lipinski definition) is 0. The van der Waals surface area contributed by atoms with Gasteiger partial charge in [-0.05, 0) is 110 Å². The molecule has 0 radical (unpaired) electrons. The zero-order valence-electron chi connectivity index (χ0n) is 17.0. The zero-order valence-corrected chi connectivity index (χ0v) is 17.0. The minimum absolute atomic E-state index is 0.442. The van der Waals surface area contributed by atoms with E-state index in [-0.39, 0.29) is 0 Å². The summed E-state index contributed by atoms with van der Waals surface area (Å²) in [7, 11) is 0. The van der Waals surface area contributed by atoms with Crippen LogP contribution in [0.25, 0.3) is 10.8 Å². The Balaban J connectivity index is 1.45. The molecule has 0 bridgehead atoms. The van der Waals surface area contributed by atoms with Crippen LogP contribution in [0.1, 0.15) is 75.3 Å². The molecule has 0 atom stereocenters. The lowest BCUT2D eigenvalue weighted by Crippen LogP contribution is -2.25. The van der Waals surface area contributed by atoms with Crippen LogP contribution in [0, 0.1) is 29.4 Å². The first kappa shape index (κ1) is 19.6. The summed E-state index contributed by atoms with van der Waals surface area (Å²) in [4.78, 5) is 0. The number of hydrogen-bond donors (Lipinski definition) is 0. The third kappa shape index (κ3) is 3.75.